The van der Waals surface area contributed by atoms with E-state index in [9.17, 15) is 4.79 Å². The van der Waals surface area contributed by atoms with E-state index in [0.717, 1.165) is 23.0 Å². The maximum Gasteiger partial charge on any atom is 0.271 e. The summed E-state index contributed by atoms with van der Waals surface area (Å²) in [4.78, 5) is 11.8. The summed E-state index contributed by atoms with van der Waals surface area (Å²) in [5.41, 5.74) is 4.38. The number of hydrogen-bond donors (Lipinski definition) is 1. The van der Waals surface area contributed by atoms with Crippen molar-refractivity contribution in [1.29, 1.82) is 0 Å². The SMILES string of the molecule is C[C@@H]1CCC/C(=N\NC(=O)c2ccc(Br)cc2)C1. The van der Waals surface area contributed by atoms with Gasteiger partial charge in [0.15, 0.2) is 0 Å². The number of amides is 1. The van der Waals surface area contributed by atoms with Crippen LogP contribution in [0.4, 0.5) is 0 Å². The van der Waals surface area contributed by atoms with Crippen LogP contribution in [0.25, 0.3) is 0 Å². The predicted octanol–water partition coefficient (Wildman–Crippen LogP) is 3.75. The number of hydrogen-bond acceptors (Lipinski definition) is 2. The molecular formula is C14H17BrN2O. The first-order valence-corrected chi connectivity index (χ1v) is 7.06. The molecule has 1 atom stereocenters. The number of nitrogens with zero attached hydrogens (tertiary/aromatic N) is 1. The highest BCUT2D eigenvalue weighted by atomic mass is 79.9. The zero-order valence-electron chi connectivity index (χ0n) is 10.4. The molecule has 0 saturated heterocycles. The second-order valence-corrected chi connectivity index (χ2v) is 5.74. The van der Waals surface area contributed by atoms with Crippen molar-refractivity contribution >= 4 is 27.5 Å². The molecule has 0 aromatic heterocycles. The molecule has 1 amide bonds. The molecule has 0 unspecified atom stereocenters. The fourth-order valence-electron chi connectivity index (χ4n) is 2.16. The summed E-state index contributed by atoms with van der Waals surface area (Å²) in [5, 5.41) is 4.24. The Hall–Kier alpha value is -1.16. The smallest absolute Gasteiger partial charge is 0.267 e. The van der Waals surface area contributed by atoms with Gasteiger partial charge in [-0.05, 0) is 55.9 Å². The fourth-order valence-corrected chi connectivity index (χ4v) is 2.42. The summed E-state index contributed by atoms with van der Waals surface area (Å²) in [6.07, 6.45) is 4.44. The van der Waals surface area contributed by atoms with Gasteiger partial charge in [-0.3, -0.25) is 4.79 Å². The number of nitrogens with one attached hydrogen (secondary N) is 1. The van der Waals surface area contributed by atoms with Crippen LogP contribution in [0.1, 0.15) is 43.0 Å². The Labute approximate surface area is 116 Å². The van der Waals surface area contributed by atoms with Gasteiger partial charge in [-0.15, -0.1) is 0 Å². The van der Waals surface area contributed by atoms with Gasteiger partial charge in [-0.25, -0.2) is 5.43 Å². The Balaban J connectivity index is 1.95. The minimum atomic E-state index is -0.145. The van der Waals surface area contributed by atoms with E-state index in [-0.39, 0.29) is 5.91 Å². The van der Waals surface area contributed by atoms with Crippen LogP contribution in [0.2, 0.25) is 0 Å². The van der Waals surface area contributed by atoms with Crippen molar-refractivity contribution in [2.45, 2.75) is 32.6 Å². The summed E-state index contributed by atoms with van der Waals surface area (Å²) >= 11 is 3.34. The van der Waals surface area contributed by atoms with E-state index in [1.54, 1.807) is 12.1 Å². The van der Waals surface area contributed by atoms with Gasteiger partial charge >= 0.3 is 0 Å². The average molecular weight is 309 g/mol. The van der Waals surface area contributed by atoms with Crippen molar-refractivity contribution in [3.05, 3.63) is 34.3 Å². The van der Waals surface area contributed by atoms with E-state index in [1.165, 1.54) is 12.8 Å². The Kier molecular flexibility index (Phi) is 4.53. The van der Waals surface area contributed by atoms with Crippen molar-refractivity contribution in [2.24, 2.45) is 11.0 Å². The third-order valence-electron chi connectivity index (χ3n) is 3.17. The monoisotopic (exact) mass is 308 g/mol. The van der Waals surface area contributed by atoms with E-state index in [2.05, 4.69) is 33.4 Å². The third-order valence-corrected chi connectivity index (χ3v) is 3.70. The average Bonchev–Trinajstić information content (AvgIpc) is 2.37. The van der Waals surface area contributed by atoms with Gasteiger partial charge in [-0.2, -0.15) is 5.10 Å². The fraction of sp³-hybridized carbons (Fsp3) is 0.429. The second kappa shape index (κ2) is 6.14. The number of carbonyl (C=O) groups excluding carboxylic acids is 1. The van der Waals surface area contributed by atoms with Gasteiger partial charge in [0.05, 0.1) is 0 Å². The molecule has 0 aliphatic heterocycles. The van der Waals surface area contributed by atoms with Crippen LogP contribution in [-0.4, -0.2) is 11.6 Å². The normalized spacial score (nSPS) is 21.9. The van der Waals surface area contributed by atoms with Crippen molar-refractivity contribution < 1.29 is 4.79 Å². The standard InChI is InChI=1S/C14H17BrN2O/c1-10-3-2-4-13(9-10)16-17-14(18)11-5-7-12(15)8-6-11/h5-8,10H,2-4,9H2,1H3,(H,17,18)/b16-13+/t10-/m1/s1. The summed E-state index contributed by atoms with van der Waals surface area (Å²) in [7, 11) is 0. The Morgan fingerprint density at radius 2 is 2.11 bits per heavy atom. The lowest BCUT2D eigenvalue weighted by molar-refractivity contribution is 0.0954. The minimum Gasteiger partial charge on any atom is -0.267 e. The van der Waals surface area contributed by atoms with Crippen LogP contribution >= 0.6 is 15.9 Å². The second-order valence-electron chi connectivity index (χ2n) is 4.83. The molecule has 1 N–H and O–H groups in total. The molecule has 2 rings (SSSR count). The summed E-state index contributed by atoms with van der Waals surface area (Å²) in [6.45, 7) is 2.23. The van der Waals surface area contributed by atoms with Crippen LogP contribution in [0.3, 0.4) is 0 Å². The summed E-state index contributed by atoms with van der Waals surface area (Å²) in [6, 6.07) is 7.27. The van der Waals surface area contributed by atoms with Crippen LogP contribution < -0.4 is 5.43 Å². The van der Waals surface area contributed by atoms with Crippen molar-refractivity contribution in [3.63, 3.8) is 0 Å². The highest BCUT2D eigenvalue weighted by Gasteiger charge is 2.14. The molecule has 4 heteroatoms. The Morgan fingerprint density at radius 1 is 1.39 bits per heavy atom. The van der Waals surface area contributed by atoms with Gasteiger partial charge < -0.3 is 0 Å². The zero-order chi connectivity index (χ0) is 13.0. The van der Waals surface area contributed by atoms with Gasteiger partial charge in [0, 0.05) is 15.7 Å². The number of hydrazone groups is 1. The molecule has 1 aliphatic rings. The summed E-state index contributed by atoms with van der Waals surface area (Å²) < 4.78 is 0.964. The molecule has 0 spiro atoms. The lowest BCUT2D eigenvalue weighted by Crippen LogP contribution is -2.22. The third kappa shape index (κ3) is 3.67. The maximum atomic E-state index is 11.8. The zero-order valence-corrected chi connectivity index (χ0v) is 12.0. The Morgan fingerprint density at radius 3 is 2.78 bits per heavy atom. The molecule has 1 aromatic rings. The van der Waals surface area contributed by atoms with Gasteiger partial charge in [0.1, 0.15) is 0 Å². The van der Waals surface area contributed by atoms with E-state index < -0.39 is 0 Å². The molecule has 1 aromatic carbocycles. The van der Waals surface area contributed by atoms with E-state index in [0.29, 0.717) is 11.5 Å². The summed E-state index contributed by atoms with van der Waals surface area (Å²) in [5.74, 6) is 0.537. The molecule has 0 bridgehead atoms. The number of carbonyl (C=O) groups is 1. The molecule has 96 valence electrons. The van der Waals surface area contributed by atoms with Gasteiger partial charge in [0.2, 0.25) is 0 Å². The molecular weight excluding hydrogens is 292 g/mol. The van der Waals surface area contributed by atoms with Crippen LogP contribution in [0.5, 0.6) is 0 Å². The molecule has 1 aliphatic carbocycles. The molecule has 18 heavy (non-hydrogen) atoms. The predicted molar refractivity (Wildman–Crippen MR) is 76.7 cm³/mol. The first kappa shape index (κ1) is 13.3. The number of rotatable bonds is 2. The van der Waals surface area contributed by atoms with Crippen molar-refractivity contribution in [1.82, 2.24) is 5.43 Å². The highest BCUT2D eigenvalue weighted by molar-refractivity contribution is 9.10. The van der Waals surface area contributed by atoms with Gasteiger partial charge in [0.25, 0.3) is 5.91 Å². The van der Waals surface area contributed by atoms with Crippen molar-refractivity contribution in [3.8, 4) is 0 Å². The number of halogens is 1. The topological polar surface area (TPSA) is 41.5 Å². The van der Waals surface area contributed by atoms with Crippen LogP contribution in [0.15, 0.2) is 33.8 Å². The lowest BCUT2D eigenvalue weighted by atomic mass is 9.89. The first-order chi connectivity index (χ1) is 8.65. The minimum absolute atomic E-state index is 0.145. The largest absolute Gasteiger partial charge is 0.271 e. The van der Waals surface area contributed by atoms with Crippen molar-refractivity contribution in [2.75, 3.05) is 0 Å². The Bertz CT molecular complexity index is 453. The van der Waals surface area contributed by atoms with E-state index in [4.69, 9.17) is 0 Å². The maximum absolute atomic E-state index is 11.8. The van der Waals surface area contributed by atoms with Crippen LogP contribution in [0, 0.1) is 5.92 Å². The van der Waals surface area contributed by atoms with E-state index >= 15 is 0 Å². The molecule has 3 nitrogen and oxygen atoms in total. The first-order valence-electron chi connectivity index (χ1n) is 6.26. The lowest BCUT2D eigenvalue weighted by Gasteiger charge is -2.18. The highest BCUT2D eigenvalue weighted by Crippen LogP contribution is 2.21. The molecule has 1 fully saturated rings. The van der Waals surface area contributed by atoms with Crippen LogP contribution in [-0.2, 0) is 0 Å². The van der Waals surface area contributed by atoms with Gasteiger partial charge in [-0.1, -0.05) is 22.9 Å². The molecule has 1 saturated carbocycles. The molecule has 0 radical (unpaired) electrons. The molecule has 0 heterocycles. The number of benzene rings is 1. The van der Waals surface area contributed by atoms with E-state index in [1.807, 2.05) is 12.1 Å². The quantitative estimate of drug-likeness (QED) is 0.831.